The number of aliphatic hydroxyl groups is 1. The van der Waals surface area contributed by atoms with Crippen LogP contribution >= 0.6 is 23.2 Å². The summed E-state index contributed by atoms with van der Waals surface area (Å²) in [6, 6.07) is 5.03. The first-order valence-corrected chi connectivity index (χ1v) is 10.2. The zero-order chi connectivity index (χ0) is 20.9. The van der Waals surface area contributed by atoms with Crippen LogP contribution in [0.5, 0.6) is 0 Å². The van der Waals surface area contributed by atoms with E-state index in [9.17, 15) is 9.90 Å². The molecule has 0 radical (unpaired) electrons. The molecule has 0 saturated heterocycles. The third-order valence-electron chi connectivity index (χ3n) is 4.97. The SMILES string of the molecule is C=N/C(=C\C=C(/C)C(CNC(=O)c1cccc(Cl)c1Cl)CC1CC1)C(C)(C)O. The Morgan fingerprint density at radius 1 is 1.39 bits per heavy atom. The number of amides is 1. The molecule has 1 amide bonds. The normalized spacial score (nSPS) is 16.6. The van der Waals surface area contributed by atoms with Gasteiger partial charge in [0.15, 0.2) is 0 Å². The van der Waals surface area contributed by atoms with Crippen molar-refractivity contribution >= 4 is 35.8 Å². The first-order chi connectivity index (χ1) is 13.1. The second-order valence-electron chi connectivity index (χ2n) is 7.87. The molecular formula is C22H28Cl2N2O2. The molecule has 28 heavy (non-hydrogen) atoms. The van der Waals surface area contributed by atoms with Crippen molar-refractivity contribution in [3.8, 4) is 0 Å². The van der Waals surface area contributed by atoms with Crippen LogP contribution in [0.3, 0.4) is 0 Å². The minimum Gasteiger partial charge on any atom is -0.384 e. The number of carbonyl (C=O) groups is 1. The van der Waals surface area contributed by atoms with Gasteiger partial charge in [0.1, 0.15) is 5.60 Å². The van der Waals surface area contributed by atoms with E-state index < -0.39 is 5.60 Å². The minimum atomic E-state index is -1.05. The van der Waals surface area contributed by atoms with E-state index in [4.69, 9.17) is 23.2 Å². The molecule has 0 aromatic heterocycles. The van der Waals surface area contributed by atoms with Crippen LogP contribution < -0.4 is 5.32 Å². The van der Waals surface area contributed by atoms with E-state index in [0.29, 0.717) is 28.7 Å². The molecule has 2 rings (SSSR count). The van der Waals surface area contributed by atoms with Gasteiger partial charge in [-0.2, -0.15) is 0 Å². The fourth-order valence-electron chi connectivity index (χ4n) is 2.97. The molecule has 1 aliphatic carbocycles. The number of hydrogen-bond donors (Lipinski definition) is 2. The van der Waals surface area contributed by atoms with Crippen molar-refractivity contribution in [1.29, 1.82) is 0 Å². The maximum atomic E-state index is 12.5. The Kier molecular flexibility index (Phi) is 7.87. The quantitative estimate of drug-likeness (QED) is 0.410. The molecule has 1 aliphatic rings. The third kappa shape index (κ3) is 6.47. The summed E-state index contributed by atoms with van der Waals surface area (Å²) in [7, 11) is 0. The van der Waals surface area contributed by atoms with Crippen LogP contribution in [0.4, 0.5) is 0 Å². The van der Waals surface area contributed by atoms with E-state index in [1.165, 1.54) is 12.8 Å². The van der Waals surface area contributed by atoms with Crippen molar-refractivity contribution in [2.24, 2.45) is 16.8 Å². The number of benzene rings is 1. The average molecular weight is 423 g/mol. The standard InChI is InChI=1S/C22H28Cl2N2O2/c1-14(8-11-19(25-4)22(2,3)28)16(12-15-9-10-15)13-26-21(27)17-6-5-7-18(23)20(17)24/h5-8,11,15-16,28H,4,9-10,12-13H2,1-3H3,(H,26,27)/b14-8+,19-11-. The number of carbonyl (C=O) groups excluding carboxylic acids is 1. The predicted molar refractivity (Wildman–Crippen MR) is 117 cm³/mol. The molecule has 4 nitrogen and oxygen atoms in total. The Morgan fingerprint density at radius 3 is 2.64 bits per heavy atom. The monoisotopic (exact) mass is 422 g/mol. The second kappa shape index (κ2) is 9.73. The first kappa shape index (κ1) is 22.7. The molecule has 0 aliphatic heterocycles. The van der Waals surface area contributed by atoms with Gasteiger partial charge in [-0.15, -0.1) is 0 Å². The van der Waals surface area contributed by atoms with Crippen LogP contribution in [0.15, 0.2) is 46.6 Å². The smallest absolute Gasteiger partial charge is 0.252 e. The molecule has 1 fully saturated rings. The van der Waals surface area contributed by atoms with Crippen molar-refractivity contribution in [2.75, 3.05) is 6.54 Å². The second-order valence-corrected chi connectivity index (χ2v) is 8.65. The van der Waals surface area contributed by atoms with E-state index in [-0.39, 0.29) is 16.8 Å². The summed E-state index contributed by atoms with van der Waals surface area (Å²) in [6.45, 7) is 9.42. The molecule has 0 bridgehead atoms. The zero-order valence-corrected chi connectivity index (χ0v) is 18.1. The molecular weight excluding hydrogens is 395 g/mol. The topological polar surface area (TPSA) is 61.7 Å². The Balaban J connectivity index is 2.11. The van der Waals surface area contributed by atoms with Crippen LogP contribution in [-0.4, -0.2) is 29.9 Å². The molecule has 0 spiro atoms. The van der Waals surface area contributed by atoms with Crippen LogP contribution in [0.25, 0.3) is 0 Å². The van der Waals surface area contributed by atoms with Gasteiger partial charge in [-0.3, -0.25) is 9.79 Å². The van der Waals surface area contributed by atoms with Gasteiger partial charge in [0.25, 0.3) is 5.91 Å². The maximum Gasteiger partial charge on any atom is 0.252 e. The summed E-state index contributed by atoms with van der Waals surface area (Å²) in [5, 5.41) is 13.7. The molecule has 0 heterocycles. The Hall–Kier alpha value is -1.62. The minimum absolute atomic E-state index is 0.193. The van der Waals surface area contributed by atoms with E-state index in [0.717, 1.165) is 12.0 Å². The van der Waals surface area contributed by atoms with E-state index in [2.05, 4.69) is 17.0 Å². The molecule has 152 valence electrons. The predicted octanol–water partition coefficient (Wildman–Crippen LogP) is 5.44. The fraction of sp³-hybridized carbons (Fsp3) is 0.455. The van der Waals surface area contributed by atoms with E-state index >= 15 is 0 Å². The molecule has 1 saturated carbocycles. The average Bonchev–Trinajstić information content (AvgIpc) is 3.44. The van der Waals surface area contributed by atoms with Crippen LogP contribution in [0.1, 0.15) is 50.4 Å². The van der Waals surface area contributed by atoms with Gasteiger partial charge in [0, 0.05) is 6.54 Å². The number of aliphatic imine (C=N–C) groups is 1. The number of nitrogens with zero attached hydrogens (tertiary/aromatic N) is 1. The Morgan fingerprint density at radius 2 is 2.07 bits per heavy atom. The number of allylic oxidation sites excluding steroid dienone is 2. The highest BCUT2D eigenvalue weighted by Gasteiger charge is 2.27. The molecule has 1 aromatic carbocycles. The summed E-state index contributed by atoms with van der Waals surface area (Å²) in [5.74, 6) is 0.662. The summed E-state index contributed by atoms with van der Waals surface area (Å²) < 4.78 is 0. The Labute approximate surface area is 177 Å². The Bertz CT molecular complexity index is 790. The highest BCUT2D eigenvalue weighted by molar-refractivity contribution is 6.43. The van der Waals surface area contributed by atoms with Crippen molar-refractivity contribution in [2.45, 2.75) is 45.6 Å². The largest absolute Gasteiger partial charge is 0.384 e. The van der Waals surface area contributed by atoms with Gasteiger partial charge in [0.05, 0.1) is 21.3 Å². The highest BCUT2D eigenvalue weighted by atomic mass is 35.5. The molecule has 1 unspecified atom stereocenters. The van der Waals surface area contributed by atoms with Gasteiger partial charge >= 0.3 is 0 Å². The van der Waals surface area contributed by atoms with E-state index in [1.54, 1.807) is 38.1 Å². The zero-order valence-electron chi connectivity index (χ0n) is 16.6. The fourth-order valence-corrected chi connectivity index (χ4v) is 3.36. The van der Waals surface area contributed by atoms with Crippen molar-refractivity contribution in [3.05, 3.63) is 57.2 Å². The van der Waals surface area contributed by atoms with Gasteiger partial charge in [-0.1, -0.05) is 53.8 Å². The van der Waals surface area contributed by atoms with E-state index in [1.807, 2.05) is 13.0 Å². The van der Waals surface area contributed by atoms with Gasteiger partial charge in [-0.25, -0.2) is 0 Å². The van der Waals surface area contributed by atoms with Gasteiger partial charge in [-0.05, 0) is 64.0 Å². The summed E-state index contributed by atoms with van der Waals surface area (Å²) in [6.07, 6.45) is 7.22. The molecule has 6 heteroatoms. The lowest BCUT2D eigenvalue weighted by Crippen LogP contribution is -2.30. The molecule has 1 atom stereocenters. The number of nitrogens with one attached hydrogen (secondary N) is 1. The highest BCUT2D eigenvalue weighted by Crippen LogP contribution is 2.37. The van der Waals surface area contributed by atoms with Crippen LogP contribution in [-0.2, 0) is 0 Å². The maximum absolute atomic E-state index is 12.5. The lowest BCUT2D eigenvalue weighted by molar-refractivity contribution is 0.0948. The van der Waals surface area contributed by atoms with Crippen LogP contribution in [0, 0.1) is 11.8 Å². The lowest BCUT2D eigenvalue weighted by atomic mass is 9.93. The summed E-state index contributed by atoms with van der Waals surface area (Å²) in [5.41, 5.74) is 0.949. The number of halogens is 2. The van der Waals surface area contributed by atoms with Gasteiger partial charge < -0.3 is 10.4 Å². The molecule has 1 aromatic rings. The molecule has 2 N–H and O–H groups in total. The first-order valence-electron chi connectivity index (χ1n) is 9.43. The van der Waals surface area contributed by atoms with Gasteiger partial charge in [0.2, 0.25) is 0 Å². The number of rotatable bonds is 9. The number of hydrogen-bond acceptors (Lipinski definition) is 3. The van der Waals surface area contributed by atoms with Crippen LogP contribution in [0.2, 0.25) is 10.0 Å². The van der Waals surface area contributed by atoms with Crippen molar-refractivity contribution < 1.29 is 9.90 Å². The van der Waals surface area contributed by atoms with Crippen molar-refractivity contribution in [1.82, 2.24) is 5.32 Å². The summed E-state index contributed by atoms with van der Waals surface area (Å²) in [4.78, 5) is 16.5. The van der Waals surface area contributed by atoms with Crippen molar-refractivity contribution in [3.63, 3.8) is 0 Å². The summed E-state index contributed by atoms with van der Waals surface area (Å²) >= 11 is 12.2. The third-order valence-corrected chi connectivity index (χ3v) is 5.78. The lowest BCUT2D eigenvalue weighted by Gasteiger charge is -2.20.